The zero-order chi connectivity index (χ0) is 21.0. The maximum Gasteiger partial charge on any atom is 0.264 e. The van der Waals surface area contributed by atoms with Gasteiger partial charge in [0.2, 0.25) is 0 Å². The van der Waals surface area contributed by atoms with Gasteiger partial charge >= 0.3 is 0 Å². The first-order valence-electron chi connectivity index (χ1n) is 8.76. The molecule has 0 aliphatic carbocycles. The van der Waals surface area contributed by atoms with Crippen molar-refractivity contribution in [3.8, 4) is 0 Å². The quantitative estimate of drug-likeness (QED) is 0.622. The lowest BCUT2D eigenvalue weighted by molar-refractivity contribution is 0.102. The minimum atomic E-state index is -3.85. The van der Waals surface area contributed by atoms with Gasteiger partial charge in [-0.1, -0.05) is 29.8 Å². The maximum absolute atomic E-state index is 13.0. The molecule has 8 heteroatoms. The van der Waals surface area contributed by atoms with Gasteiger partial charge in [0.25, 0.3) is 15.9 Å². The van der Waals surface area contributed by atoms with Gasteiger partial charge in [0.05, 0.1) is 10.6 Å². The van der Waals surface area contributed by atoms with E-state index in [1.54, 1.807) is 42.5 Å². The molecular weight excluding hydrogens is 410 g/mol. The normalized spacial score (nSPS) is 11.1. The molecular formula is C21H20ClN3O3S. The number of nitrogens with one attached hydrogen (secondary N) is 1. The lowest BCUT2D eigenvalue weighted by Crippen LogP contribution is -2.26. The fourth-order valence-electron chi connectivity index (χ4n) is 2.67. The number of halogens is 1. The van der Waals surface area contributed by atoms with Crippen LogP contribution in [0.2, 0.25) is 5.02 Å². The molecule has 150 valence electrons. The summed E-state index contributed by atoms with van der Waals surface area (Å²) < 4.78 is 27.1. The largest absolute Gasteiger partial charge is 0.326 e. The van der Waals surface area contributed by atoms with E-state index in [0.29, 0.717) is 22.9 Å². The highest BCUT2D eigenvalue weighted by molar-refractivity contribution is 7.92. The highest BCUT2D eigenvalue weighted by Crippen LogP contribution is 2.24. The molecule has 0 aromatic heterocycles. The average molecular weight is 430 g/mol. The van der Waals surface area contributed by atoms with Crippen LogP contribution in [0.4, 0.5) is 11.4 Å². The fourth-order valence-corrected chi connectivity index (χ4v) is 4.04. The number of hydrogen-bond donors (Lipinski definition) is 2. The lowest BCUT2D eigenvalue weighted by Gasteiger charge is -2.20. The summed E-state index contributed by atoms with van der Waals surface area (Å²) in [6, 6.07) is 19.5. The van der Waals surface area contributed by atoms with Crippen LogP contribution in [0.5, 0.6) is 0 Å². The van der Waals surface area contributed by atoms with Crippen LogP contribution < -0.4 is 15.4 Å². The zero-order valence-electron chi connectivity index (χ0n) is 15.7. The van der Waals surface area contributed by atoms with Gasteiger partial charge in [0, 0.05) is 29.9 Å². The summed E-state index contributed by atoms with van der Waals surface area (Å²) in [5, 5.41) is 3.26. The van der Waals surface area contributed by atoms with Crippen molar-refractivity contribution in [2.24, 2.45) is 5.73 Å². The second-order valence-corrected chi connectivity index (χ2v) is 8.74. The Morgan fingerprint density at radius 1 is 1.03 bits per heavy atom. The van der Waals surface area contributed by atoms with Crippen molar-refractivity contribution in [2.75, 3.05) is 16.7 Å². The average Bonchev–Trinajstić information content (AvgIpc) is 2.74. The summed E-state index contributed by atoms with van der Waals surface area (Å²) in [6.45, 7) is 0.412. The van der Waals surface area contributed by atoms with Gasteiger partial charge in [-0.3, -0.25) is 9.10 Å². The number of benzene rings is 3. The van der Waals surface area contributed by atoms with Crippen LogP contribution in [0.1, 0.15) is 15.9 Å². The van der Waals surface area contributed by atoms with Crippen LogP contribution in [0.25, 0.3) is 0 Å². The molecule has 0 saturated heterocycles. The second kappa shape index (κ2) is 8.65. The van der Waals surface area contributed by atoms with Crippen LogP contribution in [-0.4, -0.2) is 21.4 Å². The SMILES string of the molecule is CN(c1ccc(Cl)cc1)S(=O)(=O)c1cccc(C(=O)Nc2ccc(CN)cc2)c1. The first-order valence-corrected chi connectivity index (χ1v) is 10.6. The summed E-state index contributed by atoms with van der Waals surface area (Å²) in [4.78, 5) is 12.6. The van der Waals surface area contributed by atoms with Gasteiger partial charge in [-0.25, -0.2) is 8.42 Å². The summed E-state index contributed by atoms with van der Waals surface area (Å²) in [5.74, 6) is -0.406. The molecule has 0 bridgehead atoms. The van der Waals surface area contributed by atoms with E-state index in [0.717, 1.165) is 9.87 Å². The van der Waals surface area contributed by atoms with Gasteiger partial charge in [0.1, 0.15) is 0 Å². The number of sulfonamides is 1. The van der Waals surface area contributed by atoms with Crippen LogP contribution >= 0.6 is 11.6 Å². The van der Waals surface area contributed by atoms with Crippen LogP contribution in [0.3, 0.4) is 0 Å². The summed E-state index contributed by atoms with van der Waals surface area (Å²) in [5.41, 5.74) is 7.81. The molecule has 0 atom stereocenters. The molecule has 29 heavy (non-hydrogen) atoms. The number of nitrogens with zero attached hydrogens (tertiary/aromatic N) is 1. The molecule has 3 rings (SSSR count). The fraction of sp³-hybridized carbons (Fsp3) is 0.0952. The van der Waals surface area contributed by atoms with E-state index in [-0.39, 0.29) is 10.5 Å². The van der Waals surface area contributed by atoms with Crippen molar-refractivity contribution in [2.45, 2.75) is 11.4 Å². The number of nitrogens with two attached hydrogens (primary N) is 1. The first-order chi connectivity index (χ1) is 13.8. The predicted molar refractivity (Wildman–Crippen MR) is 116 cm³/mol. The monoisotopic (exact) mass is 429 g/mol. The Kier molecular flexibility index (Phi) is 6.22. The number of carbonyl (C=O) groups excluding carboxylic acids is 1. The zero-order valence-corrected chi connectivity index (χ0v) is 17.2. The van der Waals surface area contributed by atoms with E-state index in [1.807, 2.05) is 12.1 Å². The van der Waals surface area contributed by atoms with Gasteiger partial charge in [0.15, 0.2) is 0 Å². The van der Waals surface area contributed by atoms with Gasteiger partial charge < -0.3 is 11.1 Å². The van der Waals surface area contributed by atoms with E-state index in [4.69, 9.17) is 17.3 Å². The van der Waals surface area contributed by atoms with Crippen molar-refractivity contribution in [1.82, 2.24) is 0 Å². The van der Waals surface area contributed by atoms with Gasteiger partial charge in [-0.05, 0) is 60.2 Å². The summed E-state index contributed by atoms with van der Waals surface area (Å²) >= 11 is 5.87. The third-order valence-corrected chi connectivity index (χ3v) is 6.43. The highest BCUT2D eigenvalue weighted by Gasteiger charge is 2.22. The minimum absolute atomic E-state index is 0.0149. The number of anilines is 2. The van der Waals surface area contributed by atoms with Crippen LogP contribution in [-0.2, 0) is 16.6 Å². The molecule has 0 saturated carbocycles. The number of carbonyl (C=O) groups is 1. The van der Waals surface area contributed by atoms with Crippen molar-refractivity contribution >= 4 is 38.9 Å². The minimum Gasteiger partial charge on any atom is -0.326 e. The molecule has 0 aliphatic rings. The lowest BCUT2D eigenvalue weighted by atomic mass is 10.2. The van der Waals surface area contributed by atoms with Crippen molar-refractivity contribution in [1.29, 1.82) is 0 Å². The standard InChI is InChI=1S/C21H20ClN3O3S/c1-25(19-11-7-17(22)8-12-19)29(27,28)20-4-2-3-16(13-20)21(26)24-18-9-5-15(14-23)6-10-18/h2-13H,14,23H2,1H3,(H,24,26). The Labute approximate surface area is 175 Å². The molecule has 0 heterocycles. The molecule has 0 fully saturated rings. The van der Waals surface area contributed by atoms with E-state index in [1.165, 1.54) is 25.2 Å². The van der Waals surface area contributed by atoms with Gasteiger partial charge in [-0.15, -0.1) is 0 Å². The Morgan fingerprint density at radius 2 is 1.69 bits per heavy atom. The van der Waals surface area contributed by atoms with E-state index in [2.05, 4.69) is 5.32 Å². The Hall–Kier alpha value is -2.87. The molecule has 3 aromatic carbocycles. The second-order valence-electron chi connectivity index (χ2n) is 6.33. The first kappa shape index (κ1) is 20.9. The number of rotatable bonds is 6. The maximum atomic E-state index is 13.0. The van der Waals surface area contributed by atoms with Gasteiger partial charge in [-0.2, -0.15) is 0 Å². The summed E-state index contributed by atoms with van der Waals surface area (Å²) in [6.07, 6.45) is 0. The molecule has 0 unspecified atom stereocenters. The Morgan fingerprint density at radius 3 is 2.31 bits per heavy atom. The summed E-state index contributed by atoms with van der Waals surface area (Å²) in [7, 11) is -2.40. The molecule has 0 spiro atoms. The third-order valence-electron chi connectivity index (χ3n) is 4.39. The Balaban J connectivity index is 1.83. The predicted octanol–water partition coefficient (Wildman–Crippen LogP) is 3.88. The van der Waals surface area contributed by atoms with Crippen molar-refractivity contribution in [3.05, 3.63) is 88.9 Å². The molecule has 3 aromatic rings. The topological polar surface area (TPSA) is 92.5 Å². The molecule has 1 amide bonds. The molecule has 0 radical (unpaired) electrons. The Bertz CT molecular complexity index is 1110. The highest BCUT2D eigenvalue weighted by atomic mass is 35.5. The number of amides is 1. The third kappa shape index (κ3) is 4.76. The molecule has 6 nitrogen and oxygen atoms in total. The van der Waals surface area contributed by atoms with E-state index >= 15 is 0 Å². The van der Waals surface area contributed by atoms with Crippen molar-refractivity contribution < 1.29 is 13.2 Å². The smallest absolute Gasteiger partial charge is 0.264 e. The van der Waals surface area contributed by atoms with E-state index < -0.39 is 15.9 Å². The molecule has 0 aliphatic heterocycles. The van der Waals surface area contributed by atoms with Crippen LogP contribution in [0, 0.1) is 0 Å². The number of hydrogen-bond acceptors (Lipinski definition) is 4. The van der Waals surface area contributed by atoms with Crippen LogP contribution in [0.15, 0.2) is 77.7 Å². The molecule has 3 N–H and O–H groups in total. The van der Waals surface area contributed by atoms with Crippen molar-refractivity contribution in [3.63, 3.8) is 0 Å². The van der Waals surface area contributed by atoms with E-state index in [9.17, 15) is 13.2 Å².